The number of rotatable bonds is 3. The molecule has 1 aromatic carbocycles. The zero-order valence-corrected chi connectivity index (χ0v) is 12.9. The summed E-state index contributed by atoms with van der Waals surface area (Å²) < 4.78 is 13.1. The smallest absolute Gasteiger partial charge is 0.275 e. The predicted octanol–water partition coefficient (Wildman–Crippen LogP) is 4.92. The second-order valence-corrected chi connectivity index (χ2v) is 6.18. The molecule has 0 bridgehead atoms. The van der Waals surface area contributed by atoms with Crippen molar-refractivity contribution in [2.45, 2.75) is 0 Å². The maximum atomic E-state index is 13.1. The molecular formula is C14H8ClFN2OS2. The standard InChI is InChI=1S/C14H8ClFN2OS2/c15-10-5-9(1-2-11(10)16)17-13(19)12-7-21-14(18-12)8-3-4-20-6-8/h1-7H,(H,17,19). The summed E-state index contributed by atoms with van der Waals surface area (Å²) in [6.07, 6.45) is 0. The number of halogens is 2. The van der Waals surface area contributed by atoms with Crippen molar-refractivity contribution < 1.29 is 9.18 Å². The average molecular weight is 339 g/mol. The van der Waals surface area contributed by atoms with Gasteiger partial charge in [0, 0.05) is 22.0 Å². The lowest BCUT2D eigenvalue weighted by atomic mass is 10.3. The molecule has 0 aliphatic rings. The molecule has 1 N–H and O–H groups in total. The molecule has 0 atom stereocenters. The van der Waals surface area contributed by atoms with Crippen LogP contribution >= 0.6 is 34.3 Å². The molecule has 1 amide bonds. The second-order valence-electron chi connectivity index (χ2n) is 4.13. The zero-order valence-electron chi connectivity index (χ0n) is 10.5. The lowest BCUT2D eigenvalue weighted by Crippen LogP contribution is -2.12. The van der Waals surface area contributed by atoms with Crippen LogP contribution in [0, 0.1) is 5.82 Å². The van der Waals surface area contributed by atoms with E-state index >= 15 is 0 Å². The number of thiophene rings is 1. The van der Waals surface area contributed by atoms with E-state index in [0.29, 0.717) is 11.4 Å². The molecule has 3 aromatic rings. The number of thiazole rings is 1. The van der Waals surface area contributed by atoms with Gasteiger partial charge in [0.05, 0.1) is 5.02 Å². The summed E-state index contributed by atoms with van der Waals surface area (Å²) >= 11 is 8.65. The molecule has 2 heterocycles. The van der Waals surface area contributed by atoms with Crippen LogP contribution in [0.2, 0.25) is 5.02 Å². The summed E-state index contributed by atoms with van der Waals surface area (Å²) in [6.45, 7) is 0. The van der Waals surface area contributed by atoms with Crippen LogP contribution in [0.1, 0.15) is 10.5 Å². The molecule has 106 valence electrons. The number of carbonyl (C=O) groups excluding carboxylic acids is 1. The van der Waals surface area contributed by atoms with Crippen molar-refractivity contribution in [1.29, 1.82) is 0 Å². The third-order valence-electron chi connectivity index (χ3n) is 2.68. The van der Waals surface area contributed by atoms with Crippen molar-refractivity contribution in [3.05, 3.63) is 56.9 Å². The number of carbonyl (C=O) groups is 1. The van der Waals surface area contributed by atoms with Crippen molar-refractivity contribution in [3.63, 3.8) is 0 Å². The molecule has 0 radical (unpaired) electrons. The SMILES string of the molecule is O=C(Nc1ccc(F)c(Cl)c1)c1csc(-c2ccsc2)n1. The number of benzene rings is 1. The quantitative estimate of drug-likeness (QED) is 0.736. The highest BCUT2D eigenvalue weighted by Crippen LogP contribution is 2.26. The molecule has 3 rings (SSSR count). The maximum absolute atomic E-state index is 13.1. The fourth-order valence-corrected chi connectivity index (χ4v) is 3.36. The largest absolute Gasteiger partial charge is 0.321 e. The van der Waals surface area contributed by atoms with Crippen LogP contribution in [-0.2, 0) is 0 Å². The van der Waals surface area contributed by atoms with Crippen molar-refractivity contribution in [1.82, 2.24) is 4.98 Å². The summed E-state index contributed by atoms with van der Waals surface area (Å²) in [7, 11) is 0. The van der Waals surface area contributed by atoms with E-state index in [4.69, 9.17) is 11.6 Å². The van der Waals surface area contributed by atoms with Crippen LogP contribution in [-0.4, -0.2) is 10.9 Å². The Kier molecular flexibility index (Phi) is 4.01. The molecule has 0 unspecified atom stereocenters. The minimum absolute atomic E-state index is 0.0370. The van der Waals surface area contributed by atoms with E-state index in [1.165, 1.54) is 29.5 Å². The van der Waals surface area contributed by atoms with Gasteiger partial charge in [0.15, 0.2) is 0 Å². The number of amides is 1. The van der Waals surface area contributed by atoms with Gasteiger partial charge in [-0.05, 0) is 29.6 Å². The molecule has 0 fully saturated rings. The van der Waals surface area contributed by atoms with Gasteiger partial charge in [0.1, 0.15) is 16.5 Å². The molecule has 0 saturated heterocycles. The fraction of sp³-hybridized carbons (Fsp3) is 0. The Morgan fingerprint density at radius 3 is 2.86 bits per heavy atom. The number of hydrogen-bond donors (Lipinski definition) is 1. The normalized spacial score (nSPS) is 10.6. The van der Waals surface area contributed by atoms with Crippen LogP contribution in [0.15, 0.2) is 40.4 Å². The number of hydrogen-bond acceptors (Lipinski definition) is 4. The van der Waals surface area contributed by atoms with Crippen molar-refractivity contribution in [3.8, 4) is 10.6 Å². The molecule has 0 aliphatic heterocycles. The highest BCUT2D eigenvalue weighted by molar-refractivity contribution is 7.14. The highest BCUT2D eigenvalue weighted by Gasteiger charge is 2.13. The third-order valence-corrected chi connectivity index (χ3v) is 4.55. The molecule has 2 aromatic heterocycles. The molecule has 0 aliphatic carbocycles. The number of nitrogens with one attached hydrogen (secondary N) is 1. The van der Waals surface area contributed by atoms with Gasteiger partial charge in [-0.1, -0.05) is 11.6 Å². The van der Waals surface area contributed by atoms with Crippen molar-refractivity contribution >= 4 is 45.9 Å². The van der Waals surface area contributed by atoms with Crippen LogP contribution in [0.4, 0.5) is 10.1 Å². The minimum Gasteiger partial charge on any atom is -0.321 e. The molecule has 7 heteroatoms. The van der Waals surface area contributed by atoms with E-state index in [1.807, 2.05) is 16.8 Å². The Morgan fingerprint density at radius 2 is 2.14 bits per heavy atom. The molecular weight excluding hydrogens is 331 g/mol. The lowest BCUT2D eigenvalue weighted by Gasteiger charge is -2.03. The fourth-order valence-electron chi connectivity index (χ4n) is 1.67. The monoisotopic (exact) mass is 338 g/mol. The number of anilines is 1. The Balaban J connectivity index is 1.78. The van der Waals surface area contributed by atoms with Gasteiger partial charge < -0.3 is 5.32 Å². The van der Waals surface area contributed by atoms with Crippen molar-refractivity contribution in [2.75, 3.05) is 5.32 Å². The summed E-state index contributed by atoms with van der Waals surface area (Å²) in [5.74, 6) is -0.876. The van der Waals surface area contributed by atoms with Gasteiger partial charge in [-0.15, -0.1) is 11.3 Å². The molecule has 3 nitrogen and oxygen atoms in total. The second kappa shape index (κ2) is 5.93. The van der Waals surface area contributed by atoms with Crippen LogP contribution in [0.5, 0.6) is 0 Å². The first-order valence-corrected chi connectivity index (χ1v) is 8.08. The van der Waals surface area contributed by atoms with E-state index < -0.39 is 5.82 Å². The minimum atomic E-state index is -0.525. The van der Waals surface area contributed by atoms with Crippen LogP contribution in [0.25, 0.3) is 10.6 Å². The highest BCUT2D eigenvalue weighted by atomic mass is 35.5. The van der Waals surface area contributed by atoms with Gasteiger partial charge in [0.2, 0.25) is 0 Å². The van der Waals surface area contributed by atoms with Gasteiger partial charge in [-0.2, -0.15) is 11.3 Å². The summed E-state index contributed by atoms with van der Waals surface area (Å²) in [4.78, 5) is 16.4. The zero-order chi connectivity index (χ0) is 14.8. The molecule has 0 saturated carbocycles. The van der Waals surface area contributed by atoms with E-state index in [-0.39, 0.29) is 10.9 Å². The van der Waals surface area contributed by atoms with Gasteiger partial charge in [-0.3, -0.25) is 4.79 Å². The first-order valence-electron chi connectivity index (χ1n) is 5.88. The van der Waals surface area contributed by atoms with Crippen LogP contribution < -0.4 is 5.32 Å². The van der Waals surface area contributed by atoms with Gasteiger partial charge in [-0.25, -0.2) is 9.37 Å². The average Bonchev–Trinajstić information content (AvgIpc) is 3.12. The lowest BCUT2D eigenvalue weighted by molar-refractivity contribution is 0.102. The predicted molar refractivity (Wildman–Crippen MR) is 84.8 cm³/mol. The van der Waals surface area contributed by atoms with E-state index in [9.17, 15) is 9.18 Å². The summed E-state index contributed by atoms with van der Waals surface area (Å²) in [5, 5.41) is 9.01. The van der Waals surface area contributed by atoms with Crippen LogP contribution in [0.3, 0.4) is 0 Å². The topological polar surface area (TPSA) is 42.0 Å². The third kappa shape index (κ3) is 3.12. The summed E-state index contributed by atoms with van der Waals surface area (Å²) in [5.41, 5.74) is 1.74. The Morgan fingerprint density at radius 1 is 1.29 bits per heavy atom. The van der Waals surface area contributed by atoms with E-state index in [0.717, 1.165) is 10.6 Å². The van der Waals surface area contributed by atoms with E-state index in [1.54, 1.807) is 16.7 Å². The Bertz CT molecular complexity index is 786. The number of nitrogens with zero attached hydrogens (tertiary/aromatic N) is 1. The van der Waals surface area contributed by atoms with E-state index in [2.05, 4.69) is 10.3 Å². The molecule has 21 heavy (non-hydrogen) atoms. The Labute approximate surface area is 133 Å². The van der Waals surface area contributed by atoms with Gasteiger partial charge in [0.25, 0.3) is 5.91 Å². The Hall–Kier alpha value is -1.76. The summed E-state index contributed by atoms with van der Waals surface area (Å²) in [6, 6.07) is 5.97. The van der Waals surface area contributed by atoms with Crippen molar-refractivity contribution in [2.24, 2.45) is 0 Å². The number of aromatic nitrogens is 1. The first-order chi connectivity index (χ1) is 10.1. The van der Waals surface area contributed by atoms with Gasteiger partial charge >= 0.3 is 0 Å². The molecule has 0 spiro atoms. The first kappa shape index (κ1) is 14.2. The maximum Gasteiger partial charge on any atom is 0.275 e.